The molecular formula is C22H27FN4O5. The number of hydrogen-bond acceptors (Lipinski definition) is 4. The Hall–Kier alpha value is -3.43. The molecule has 1 aromatic carbocycles. The summed E-state index contributed by atoms with van der Waals surface area (Å²) in [6.07, 6.45) is 0.103. The van der Waals surface area contributed by atoms with Crippen LogP contribution in [0.4, 0.5) is 19.7 Å². The summed E-state index contributed by atoms with van der Waals surface area (Å²) in [6, 6.07) is 4.31. The number of benzene rings is 1. The Morgan fingerprint density at radius 3 is 2.59 bits per heavy atom. The predicted octanol–water partition coefficient (Wildman–Crippen LogP) is 3.22. The van der Waals surface area contributed by atoms with Crippen molar-refractivity contribution in [2.45, 2.75) is 45.3 Å². The number of amides is 3. The lowest BCUT2D eigenvalue weighted by molar-refractivity contribution is -0.146. The van der Waals surface area contributed by atoms with Crippen LogP contribution < -0.4 is 11.1 Å². The first-order valence-corrected chi connectivity index (χ1v) is 10.5. The number of halogens is 1. The number of primary amides is 1. The fourth-order valence-corrected chi connectivity index (χ4v) is 4.13. The van der Waals surface area contributed by atoms with Gasteiger partial charge < -0.3 is 21.1 Å². The number of carboxylic acid groups (broad SMARTS) is 1. The smallest absolute Gasteiger partial charge is 0.323 e. The first kappa shape index (κ1) is 23.2. The highest BCUT2D eigenvalue weighted by Gasteiger charge is 2.41. The summed E-state index contributed by atoms with van der Waals surface area (Å²) in [5, 5.41) is 12.7. The van der Waals surface area contributed by atoms with Crippen molar-refractivity contribution in [3.63, 3.8) is 0 Å². The van der Waals surface area contributed by atoms with E-state index in [1.807, 2.05) is 6.92 Å². The minimum absolute atomic E-state index is 0.178. The molecule has 2 heterocycles. The highest BCUT2D eigenvalue weighted by Crippen LogP contribution is 2.29. The number of nitrogens with zero attached hydrogens (tertiary/aromatic N) is 2. The van der Waals surface area contributed by atoms with Gasteiger partial charge in [-0.2, -0.15) is 0 Å². The van der Waals surface area contributed by atoms with Gasteiger partial charge in [0.15, 0.2) is 5.78 Å². The van der Waals surface area contributed by atoms with Crippen molar-refractivity contribution >= 4 is 40.4 Å². The minimum atomic E-state index is -1.39. The Labute approximate surface area is 184 Å². The molecule has 1 aromatic heterocycles. The SMILES string of the molecule is CC[C@H](C)[C@H](CC(=O)[C@@H]1C[C@@H](F)CN1C(=O)Nc1cn(C(N)=O)c2ccccc12)C(=O)O. The van der Waals surface area contributed by atoms with Crippen LogP contribution in [0.3, 0.4) is 0 Å². The molecule has 1 saturated heterocycles. The molecule has 0 radical (unpaired) electrons. The van der Waals surface area contributed by atoms with Crippen molar-refractivity contribution < 1.29 is 28.7 Å². The van der Waals surface area contributed by atoms with E-state index < -0.39 is 41.9 Å². The van der Waals surface area contributed by atoms with Crippen LogP contribution in [0.15, 0.2) is 30.5 Å². The van der Waals surface area contributed by atoms with Crippen LogP contribution in [0.2, 0.25) is 0 Å². The maximum atomic E-state index is 14.2. The molecule has 172 valence electrons. The lowest BCUT2D eigenvalue weighted by Crippen LogP contribution is -2.44. The summed E-state index contributed by atoms with van der Waals surface area (Å²) in [5.41, 5.74) is 6.18. The van der Waals surface area contributed by atoms with Gasteiger partial charge in [-0.3, -0.25) is 14.2 Å². The summed E-state index contributed by atoms with van der Waals surface area (Å²) < 4.78 is 15.4. The molecule has 1 fully saturated rings. The Morgan fingerprint density at radius 1 is 1.28 bits per heavy atom. The van der Waals surface area contributed by atoms with E-state index in [1.165, 1.54) is 10.8 Å². The van der Waals surface area contributed by atoms with Gasteiger partial charge in [0.2, 0.25) is 0 Å². The summed E-state index contributed by atoms with van der Waals surface area (Å²) in [5.74, 6) is -2.70. The molecule has 1 aliphatic rings. The number of aromatic nitrogens is 1. The first-order chi connectivity index (χ1) is 15.1. The van der Waals surface area contributed by atoms with Gasteiger partial charge in [-0.05, 0) is 12.0 Å². The van der Waals surface area contributed by atoms with E-state index in [-0.39, 0.29) is 25.3 Å². The average molecular weight is 446 g/mol. The molecule has 3 rings (SSSR count). The lowest BCUT2D eigenvalue weighted by Gasteiger charge is -2.25. The second kappa shape index (κ2) is 9.37. The highest BCUT2D eigenvalue weighted by molar-refractivity contribution is 6.05. The van der Waals surface area contributed by atoms with E-state index in [9.17, 15) is 28.7 Å². The molecule has 0 bridgehead atoms. The van der Waals surface area contributed by atoms with Crippen LogP contribution in [0.1, 0.15) is 33.1 Å². The first-order valence-electron chi connectivity index (χ1n) is 10.5. The van der Waals surface area contributed by atoms with Gasteiger partial charge in [-0.1, -0.05) is 38.5 Å². The van der Waals surface area contributed by atoms with Gasteiger partial charge in [0.1, 0.15) is 6.17 Å². The average Bonchev–Trinajstić information content (AvgIpc) is 3.32. The van der Waals surface area contributed by atoms with Crippen molar-refractivity contribution in [3.05, 3.63) is 30.5 Å². The third-order valence-corrected chi connectivity index (χ3v) is 6.14. The Balaban J connectivity index is 1.81. The summed E-state index contributed by atoms with van der Waals surface area (Å²) >= 11 is 0. The second-order valence-corrected chi connectivity index (χ2v) is 8.20. The molecule has 2 aromatic rings. The number of Topliss-reactive ketones (excluding diaryl/α,β-unsaturated/α-hetero) is 1. The van der Waals surface area contributed by atoms with Gasteiger partial charge >= 0.3 is 18.0 Å². The van der Waals surface area contributed by atoms with Gasteiger partial charge in [0.25, 0.3) is 0 Å². The van der Waals surface area contributed by atoms with Crippen molar-refractivity contribution in [3.8, 4) is 0 Å². The summed E-state index contributed by atoms with van der Waals surface area (Å²) in [6.45, 7) is 3.30. The number of carboxylic acids is 1. The molecular weight excluding hydrogens is 419 g/mol. The second-order valence-electron chi connectivity index (χ2n) is 8.20. The number of urea groups is 1. The standard InChI is InChI=1S/C22H27FN4O5/c1-3-12(2)15(20(29)30)9-19(28)18-8-13(23)10-27(18)22(32)25-16-11-26(21(24)31)17-7-5-4-6-14(16)17/h4-7,11-13,15,18H,3,8-10H2,1-2H3,(H2,24,31)(H,25,32)(H,29,30)/t12-,13+,15-,18-/m0/s1. The van der Waals surface area contributed by atoms with E-state index in [0.29, 0.717) is 23.0 Å². The van der Waals surface area contributed by atoms with E-state index in [0.717, 1.165) is 4.90 Å². The topological polar surface area (TPSA) is 135 Å². The maximum absolute atomic E-state index is 14.2. The van der Waals surface area contributed by atoms with Crippen molar-refractivity contribution in [1.82, 2.24) is 9.47 Å². The van der Waals surface area contributed by atoms with E-state index >= 15 is 0 Å². The Bertz CT molecular complexity index is 1050. The number of hydrogen-bond donors (Lipinski definition) is 3. The number of rotatable bonds is 7. The van der Waals surface area contributed by atoms with Gasteiger partial charge in [0, 0.05) is 24.4 Å². The largest absolute Gasteiger partial charge is 0.481 e. The normalized spacial score (nSPS) is 20.2. The summed E-state index contributed by atoms with van der Waals surface area (Å²) in [7, 11) is 0. The number of aliphatic carboxylic acids is 1. The molecule has 0 unspecified atom stereocenters. The fourth-order valence-electron chi connectivity index (χ4n) is 4.13. The number of alkyl halides is 1. The number of nitrogens with one attached hydrogen (secondary N) is 1. The highest BCUT2D eigenvalue weighted by atomic mass is 19.1. The van der Waals surface area contributed by atoms with E-state index in [2.05, 4.69) is 5.32 Å². The van der Waals surface area contributed by atoms with Gasteiger partial charge in [-0.15, -0.1) is 0 Å². The lowest BCUT2D eigenvalue weighted by atomic mass is 9.86. The van der Waals surface area contributed by atoms with Crippen molar-refractivity contribution in [1.29, 1.82) is 0 Å². The number of anilines is 1. The molecule has 4 N–H and O–H groups in total. The van der Waals surface area contributed by atoms with Crippen molar-refractivity contribution in [2.75, 3.05) is 11.9 Å². The molecule has 3 amide bonds. The molecule has 0 aliphatic carbocycles. The van der Waals surface area contributed by atoms with Gasteiger partial charge in [0.05, 0.1) is 29.7 Å². The molecule has 4 atom stereocenters. The zero-order valence-electron chi connectivity index (χ0n) is 18.0. The molecule has 9 nitrogen and oxygen atoms in total. The van der Waals surface area contributed by atoms with Crippen LogP contribution in [0, 0.1) is 11.8 Å². The predicted molar refractivity (Wildman–Crippen MR) is 116 cm³/mol. The summed E-state index contributed by atoms with van der Waals surface area (Å²) in [4.78, 5) is 50.2. The number of nitrogens with two attached hydrogens (primary N) is 1. The number of likely N-dealkylation sites (tertiary alicyclic amines) is 1. The zero-order valence-corrected chi connectivity index (χ0v) is 18.0. The molecule has 1 aliphatic heterocycles. The van der Waals surface area contributed by atoms with Crippen LogP contribution in [0.25, 0.3) is 10.9 Å². The molecule has 32 heavy (non-hydrogen) atoms. The number of ketones is 1. The molecule has 10 heteroatoms. The third kappa shape index (κ3) is 4.58. The van der Waals surface area contributed by atoms with E-state index in [4.69, 9.17) is 5.73 Å². The van der Waals surface area contributed by atoms with E-state index in [1.54, 1.807) is 31.2 Å². The third-order valence-electron chi connectivity index (χ3n) is 6.14. The molecule has 0 spiro atoms. The number of para-hydroxylation sites is 1. The fraction of sp³-hybridized carbons (Fsp3) is 0.455. The number of fused-ring (bicyclic) bond motifs is 1. The van der Waals surface area contributed by atoms with Crippen LogP contribution in [-0.4, -0.2) is 57.1 Å². The van der Waals surface area contributed by atoms with Gasteiger partial charge in [-0.25, -0.2) is 14.0 Å². The van der Waals surface area contributed by atoms with Crippen LogP contribution >= 0.6 is 0 Å². The number of carbonyl (C=O) groups excluding carboxylic acids is 3. The van der Waals surface area contributed by atoms with Crippen LogP contribution in [-0.2, 0) is 9.59 Å². The monoisotopic (exact) mass is 446 g/mol. The minimum Gasteiger partial charge on any atom is -0.481 e. The quantitative estimate of drug-likeness (QED) is 0.600. The maximum Gasteiger partial charge on any atom is 0.323 e. The number of carbonyl (C=O) groups is 4. The molecule has 0 saturated carbocycles. The Kier molecular flexibility index (Phi) is 6.81. The van der Waals surface area contributed by atoms with Crippen LogP contribution in [0.5, 0.6) is 0 Å². The zero-order chi connectivity index (χ0) is 23.6. The van der Waals surface area contributed by atoms with Crippen molar-refractivity contribution in [2.24, 2.45) is 17.6 Å². The Morgan fingerprint density at radius 2 is 1.97 bits per heavy atom.